The monoisotopic (exact) mass is 262 g/mol. The number of hydrogen-bond donors (Lipinski definition) is 1. The molecule has 0 saturated carbocycles. The van der Waals surface area contributed by atoms with Crippen LogP contribution in [0.3, 0.4) is 0 Å². The van der Waals surface area contributed by atoms with Gasteiger partial charge in [0, 0.05) is 38.1 Å². The Kier molecular flexibility index (Phi) is 4.35. The van der Waals surface area contributed by atoms with E-state index in [1.807, 2.05) is 0 Å². The number of benzene rings is 1. The first kappa shape index (κ1) is 14.2. The van der Waals surface area contributed by atoms with Crippen LogP contribution in [0.5, 0.6) is 0 Å². The van der Waals surface area contributed by atoms with Crippen molar-refractivity contribution >= 4 is 11.4 Å². The normalized spacial score (nSPS) is 27.1. The van der Waals surface area contributed by atoms with E-state index in [0.29, 0.717) is 6.04 Å². The van der Waals surface area contributed by atoms with E-state index in [1.54, 1.807) is 0 Å². The average molecular weight is 262 g/mol. The molecular weight excluding hydrogens is 236 g/mol. The molecule has 1 aliphatic rings. The maximum atomic E-state index is 5.89. The molecule has 2 unspecified atom stereocenters. The van der Waals surface area contributed by atoms with Crippen molar-refractivity contribution < 1.29 is 4.74 Å². The molecule has 1 aliphatic heterocycles. The quantitative estimate of drug-likeness (QED) is 0.898. The predicted molar refractivity (Wildman–Crippen MR) is 82.1 cm³/mol. The van der Waals surface area contributed by atoms with Gasteiger partial charge in [-0.2, -0.15) is 0 Å². The van der Waals surface area contributed by atoms with Crippen molar-refractivity contribution in [3.05, 3.63) is 24.3 Å². The van der Waals surface area contributed by atoms with Crippen LogP contribution in [0.15, 0.2) is 24.3 Å². The van der Waals surface area contributed by atoms with E-state index < -0.39 is 0 Å². The summed E-state index contributed by atoms with van der Waals surface area (Å²) in [7, 11) is 4.13. The molecule has 0 bridgehead atoms. The average Bonchev–Trinajstić information content (AvgIpc) is 2.39. The zero-order valence-corrected chi connectivity index (χ0v) is 12.6. The number of nitrogens with one attached hydrogen (secondary N) is 1. The van der Waals surface area contributed by atoms with Gasteiger partial charge < -0.3 is 15.0 Å². The van der Waals surface area contributed by atoms with Crippen LogP contribution < -0.4 is 10.2 Å². The third kappa shape index (κ3) is 3.63. The van der Waals surface area contributed by atoms with E-state index in [0.717, 1.165) is 25.9 Å². The summed E-state index contributed by atoms with van der Waals surface area (Å²) < 4.78 is 5.89. The summed E-state index contributed by atoms with van der Waals surface area (Å²) in [5, 5.41) is 3.64. The van der Waals surface area contributed by atoms with E-state index in [1.165, 1.54) is 11.4 Å². The molecular formula is C16H26N2O. The third-order valence-corrected chi connectivity index (χ3v) is 4.10. The molecule has 1 aromatic carbocycles. The number of hydrogen-bond acceptors (Lipinski definition) is 3. The van der Waals surface area contributed by atoms with Crippen LogP contribution in [0.4, 0.5) is 11.4 Å². The molecule has 3 nitrogen and oxygen atoms in total. The van der Waals surface area contributed by atoms with Gasteiger partial charge in [-0.25, -0.2) is 0 Å². The van der Waals surface area contributed by atoms with Gasteiger partial charge in [-0.3, -0.25) is 0 Å². The number of rotatable bonds is 4. The summed E-state index contributed by atoms with van der Waals surface area (Å²) >= 11 is 0. The van der Waals surface area contributed by atoms with Gasteiger partial charge in [0.2, 0.25) is 0 Å². The van der Waals surface area contributed by atoms with Gasteiger partial charge in [0.05, 0.1) is 5.60 Å². The highest BCUT2D eigenvalue weighted by molar-refractivity contribution is 5.54. The first-order valence-electron chi connectivity index (χ1n) is 7.20. The van der Waals surface area contributed by atoms with Gasteiger partial charge in [0.25, 0.3) is 0 Å². The highest BCUT2D eigenvalue weighted by atomic mass is 16.5. The molecule has 19 heavy (non-hydrogen) atoms. The lowest BCUT2D eigenvalue weighted by atomic mass is 9.90. The van der Waals surface area contributed by atoms with E-state index >= 15 is 0 Å². The molecule has 2 rings (SSSR count). The van der Waals surface area contributed by atoms with Crippen molar-refractivity contribution in [3.8, 4) is 0 Å². The van der Waals surface area contributed by atoms with Crippen molar-refractivity contribution in [1.29, 1.82) is 0 Å². The summed E-state index contributed by atoms with van der Waals surface area (Å²) in [6, 6.07) is 9.15. The van der Waals surface area contributed by atoms with Crippen molar-refractivity contribution in [3.63, 3.8) is 0 Å². The topological polar surface area (TPSA) is 24.5 Å². The van der Waals surface area contributed by atoms with Gasteiger partial charge in [-0.05, 0) is 50.5 Å². The molecule has 2 atom stereocenters. The van der Waals surface area contributed by atoms with Crippen molar-refractivity contribution in [1.82, 2.24) is 0 Å². The minimum Gasteiger partial charge on any atom is -0.382 e. The SMILES string of the molecule is CCC1(C)CC(Nc2ccc(N(C)C)cc2)CCO1. The predicted octanol–water partition coefficient (Wildman–Crippen LogP) is 3.51. The number of anilines is 2. The smallest absolute Gasteiger partial charge is 0.0671 e. The Hall–Kier alpha value is -1.22. The molecule has 1 fully saturated rings. The largest absolute Gasteiger partial charge is 0.382 e. The molecule has 1 heterocycles. The highest BCUT2D eigenvalue weighted by Gasteiger charge is 2.31. The van der Waals surface area contributed by atoms with Crippen LogP contribution in [0.1, 0.15) is 33.1 Å². The van der Waals surface area contributed by atoms with Crippen LogP contribution in [0.2, 0.25) is 0 Å². The molecule has 0 aromatic heterocycles. The second-order valence-electron chi connectivity index (χ2n) is 5.93. The van der Waals surface area contributed by atoms with Crippen molar-refractivity contribution in [2.24, 2.45) is 0 Å². The summed E-state index contributed by atoms with van der Waals surface area (Å²) in [6.07, 6.45) is 3.24. The van der Waals surface area contributed by atoms with Crippen LogP contribution in [0, 0.1) is 0 Å². The molecule has 0 spiro atoms. The standard InChI is InChI=1S/C16H26N2O/c1-5-16(2)12-14(10-11-19-16)17-13-6-8-15(9-7-13)18(3)4/h6-9,14,17H,5,10-12H2,1-4H3. The summed E-state index contributed by atoms with van der Waals surface area (Å²) in [5.74, 6) is 0. The zero-order valence-electron chi connectivity index (χ0n) is 12.6. The Balaban J connectivity index is 1.97. The third-order valence-electron chi connectivity index (χ3n) is 4.10. The van der Waals surface area contributed by atoms with Crippen LogP contribution in [-0.2, 0) is 4.74 Å². The fraction of sp³-hybridized carbons (Fsp3) is 0.625. The van der Waals surface area contributed by atoms with E-state index in [2.05, 4.69) is 62.4 Å². The van der Waals surface area contributed by atoms with E-state index in [-0.39, 0.29) is 5.60 Å². The lowest BCUT2D eigenvalue weighted by Gasteiger charge is -2.38. The summed E-state index contributed by atoms with van der Waals surface area (Å²) in [6.45, 7) is 5.28. The minimum absolute atomic E-state index is 0.0412. The molecule has 0 aliphatic carbocycles. The maximum absolute atomic E-state index is 5.89. The van der Waals surface area contributed by atoms with Gasteiger partial charge in [0.15, 0.2) is 0 Å². The lowest BCUT2D eigenvalue weighted by Crippen LogP contribution is -2.41. The van der Waals surface area contributed by atoms with Crippen LogP contribution in [-0.4, -0.2) is 32.3 Å². The lowest BCUT2D eigenvalue weighted by molar-refractivity contribution is -0.0708. The molecule has 1 saturated heterocycles. The first-order chi connectivity index (χ1) is 9.02. The Bertz CT molecular complexity index is 402. The fourth-order valence-corrected chi connectivity index (χ4v) is 2.59. The van der Waals surface area contributed by atoms with Gasteiger partial charge in [-0.1, -0.05) is 6.92 Å². The highest BCUT2D eigenvalue weighted by Crippen LogP contribution is 2.29. The number of nitrogens with zero attached hydrogens (tertiary/aromatic N) is 1. The molecule has 0 amide bonds. The van der Waals surface area contributed by atoms with Gasteiger partial charge in [-0.15, -0.1) is 0 Å². The minimum atomic E-state index is 0.0412. The summed E-state index contributed by atoms with van der Waals surface area (Å²) in [4.78, 5) is 2.12. The Morgan fingerprint density at radius 1 is 1.32 bits per heavy atom. The van der Waals surface area contributed by atoms with Crippen LogP contribution in [0.25, 0.3) is 0 Å². The molecule has 106 valence electrons. The molecule has 1 aromatic rings. The molecule has 1 N–H and O–H groups in total. The second kappa shape index (κ2) is 5.83. The van der Waals surface area contributed by atoms with E-state index in [9.17, 15) is 0 Å². The zero-order chi connectivity index (χ0) is 13.9. The maximum Gasteiger partial charge on any atom is 0.0671 e. The molecule has 0 radical (unpaired) electrons. The fourth-order valence-electron chi connectivity index (χ4n) is 2.59. The van der Waals surface area contributed by atoms with Gasteiger partial charge in [0.1, 0.15) is 0 Å². The van der Waals surface area contributed by atoms with Crippen LogP contribution >= 0.6 is 0 Å². The summed E-state index contributed by atoms with van der Waals surface area (Å²) in [5.41, 5.74) is 2.48. The van der Waals surface area contributed by atoms with E-state index in [4.69, 9.17) is 4.74 Å². The second-order valence-corrected chi connectivity index (χ2v) is 5.93. The van der Waals surface area contributed by atoms with Crippen molar-refractivity contribution in [2.75, 3.05) is 30.9 Å². The number of ether oxygens (including phenoxy) is 1. The van der Waals surface area contributed by atoms with Crippen molar-refractivity contribution in [2.45, 2.75) is 44.8 Å². The first-order valence-corrected chi connectivity index (χ1v) is 7.20. The Morgan fingerprint density at radius 3 is 2.58 bits per heavy atom. The van der Waals surface area contributed by atoms with Gasteiger partial charge >= 0.3 is 0 Å². The Labute approximate surface area is 116 Å². The Morgan fingerprint density at radius 2 is 2.00 bits per heavy atom. The molecule has 3 heteroatoms.